The second-order valence-corrected chi connectivity index (χ2v) is 6.10. The van der Waals surface area contributed by atoms with Gasteiger partial charge in [-0.2, -0.15) is 5.10 Å². The van der Waals surface area contributed by atoms with E-state index in [0.29, 0.717) is 17.4 Å². The van der Waals surface area contributed by atoms with E-state index in [1.54, 1.807) is 29.1 Å². The van der Waals surface area contributed by atoms with Crippen LogP contribution in [0.4, 0.5) is 10.6 Å². The third kappa shape index (κ3) is 3.80. The number of urea groups is 1. The van der Waals surface area contributed by atoms with Gasteiger partial charge >= 0.3 is 6.03 Å². The van der Waals surface area contributed by atoms with Crippen molar-refractivity contribution in [2.24, 2.45) is 0 Å². The van der Waals surface area contributed by atoms with Gasteiger partial charge in [0.25, 0.3) is 5.91 Å². The van der Waals surface area contributed by atoms with Crippen LogP contribution in [-0.4, -0.2) is 57.6 Å². The van der Waals surface area contributed by atoms with Gasteiger partial charge in [0.15, 0.2) is 0 Å². The van der Waals surface area contributed by atoms with Crippen molar-refractivity contribution in [3.05, 3.63) is 47.1 Å². The Morgan fingerprint density at radius 1 is 1.24 bits per heavy atom. The third-order valence-electron chi connectivity index (χ3n) is 3.76. The number of anilines is 1. The van der Waals surface area contributed by atoms with Gasteiger partial charge in [-0.05, 0) is 17.7 Å². The average molecular weight is 362 g/mol. The molecule has 3 rings (SSSR count). The first kappa shape index (κ1) is 17.0. The van der Waals surface area contributed by atoms with Gasteiger partial charge in [-0.25, -0.2) is 9.48 Å². The smallest absolute Gasteiger partial charge is 0.318 e. The summed E-state index contributed by atoms with van der Waals surface area (Å²) >= 11 is 5.87. The zero-order valence-electron chi connectivity index (χ0n) is 13.5. The summed E-state index contributed by atoms with van der Waals surface area (Å²) in [5.41, 5.74) is 0.968. The predicted molar refractivity (Wildman–Crippen MR) is 91.1 cm³/mol. The average Bonchev–Trinajstić information content (AvgIpc) is 3.09. The van der Waals surface area contributed by atoms with Crippen molar-refractivity contribution in [1.82, 2.24) is 19.6 Å². The van der Waals surface area contributed by atoms with Crippen LogP contribution in [0.2, 0.25) is 5.02 Å². The van der Waals surface area contributed by atoms with E-state index in [9.17, 15) is 14.4 Å². The zero-order valence-corrected chi connectivity index (χ0v) is 14.2. The minimum Gasteiger partial charge on any atom is -0.318 e. The second kappa shape index (κ2) is 6.94. The number of rotatable bonds is 5. The maximum absolute atomic E-state index is 12.2. The number of carbonyl (C=O) groups excluding carboxylic acids is 3. The number of halogens is 1. The van der Waals surface area contributed by atoms with Crippen molar-refractivity contribution < 1.29 is 14.4 Å². The Bertz CT molecular complexity index is 817. The fraction of sp³-hybridized carbons (Fsp3) is 0.250. The van der Waals surface area contributed by atoms with E-state index in [1.807, 2.05) is 12.1 Å². The van der Waals surface area contributed by atoms with E-state index >= 15 is 0 Å². The molecule has 1 N–H and O–H groups in total. The van der Waals surface area contributed by atoms with E-state index < -0.39 is 17.8 Å². The molecule has 25 heavy (non-hydrogen) atoms. The summed E-state index contributed by atoms with van der Waals surface area (Å²) < 4.78 is 1.61. The van der Waals surface area contributed by atoms with Gasteiger partial charge in [-0.15, -0.1) is 0 Å². The molecule has 1 saturated heterocycles. The molecule has 1 aromatic carbocycles. The Balaban J connectivity index is 1.64. The van der Waals surface area contributed by atoms with Crippen LogP contribution in [0, 0.1) is 0 Å². The molecular weight excluding hydrogens is 346 g/mol. The quantitative estimate of drug-likeness (QED) is 0.816. The highest BCUT2D eigenvalue weighted by Gasteiger charge is 2.34. The number of nitrogens with zero attached hydrogens (tertiary/aromatic N) is 4. The number of aromatic nitrogens is 2. The number of likely N-dealkylation sites (N-methyl/N-ethyl adjacent to an activating group) is 1. The lowest BCUT2D eigenvalue weighted by atomic mass is 10.2. The van der Waals surface area contributed by atoms with Gasteiger partial charge in [0.05, 0.1) is 12.7 Å². The lowest BCUT2D eigenvalue weighted by molar-refractivity contribution is -0.129. The molecular formula is C16H16ClN5O3. The zero-order chi connectivity index (χ0) is 18.0. The summed E-state index contributed by atoms with van der Waals surface area (Å²) in [4.78, 5) is 37.9. The van der Waals surface area contributed by atoms with Crippen molar-refractivity contribution in [1.29, 1.82) is 0 Å². The fourth-order valence-electron chi connectivity index (χ4n) is 2.48. The molecule has 130 valence electrons. The van der Waals surface area contributed by atoms with E-state index in [1.165, 1.54) is 11.9 Å². The Morgan fingerprint density at radius 2 is 1.96 bits per heavy atom. The molecule has 1 fully saturated rings. The van der Waals surface area contributed by atoms with Crippen LogP contribution >= 0.6 is 11.6 Å². The van der Waals surface area contributed by atoms with Gasteiger partial charge in [-0.3, -0.25) is 14.5 Å². The van der Waals surface area contributed by atoms with Crippen LogP contribution < -0.4 is 5.32 Å². The van der Waals surface area contributed by atoms with Crippen LogP contribution in [-0.2, 0) is 16.1 Å². The number of benzene rings is 1. The molecule has 1 aliphatic rings. The maximum atomic E-state index is 12.2. The summed E-state index contributed by atoms with van der Waals surface area (Å²) in [5.74, 6) is -0.375. The molecule has 2 heterocycles. The van der Waals surface area contributed by atoms with E-state index in [4.69, 9.17) is 11.6 Å². The number of imide groups is 1. The van der Waals surface area contributed by atoms with Gasteiger partial charge in [-0.1, -0.05) is 23.7 Å². The highest BCUT2D eigenvalue weighted by molar-refractivity contribution is 6.30. The summed E-state index contributed by atoms with van der Waals surface area (Å²) in [6.07, 6.45) is 1.56. The first-order valence-electron chi connectivity index (χ1n) is 7.55. The highest BCUT2D eigenvalue weighted by Crippen LogP contribution is 2.14. The fourth-order valence-corrected chi connectivity index (χ4v) is 2.60. The largest absolute Gasteiger partial charge is 0.327 e. The molecule has 0 unspecified atom stereocenters. The first-order chi connectivity index (χ1) is 11.9. The minimum absolute atomic E-state index is 0.0133. The first-order valence-corrected chi connectivity index (χ1v) is 7.93. The molecule has 4 amide bonds. The third-order valence-corrected chi connectivity index (χ3v) is 4.01. The number of nitrogens with one attached hydrogen (secondary N) is 1. The molecule has 2 aromatic rings. The molecule has 8 nitrogen and oxygen atoms in total. The Labute approximate surface area is 149 Å². The molecule has 0 radical (unpaired) electrons. The SMILES string of the molecule is CN1CC(=O)N(CC(=O)Nc2ccnn2Cc2ccc(Cl)cc2)C1=O. The van der Waals surface area contributed by atoms with Gasteiger partial charge in [0.1, 0.15) is 18.9 Å². The second-order valence-electron chi connectivity index (χ2n) is 5.67. The molecule has 0 bridgehead atoms. The topological polar surface area (TPSA) is 87.5 Å². The van der Waals surface area contributed by atoms with Crippen molar-refractivity contribution in [3.8, 4) is 0 Å². The number of carbonyl (C=O) groups is 3. The Morgan fingerprint density at radius 3 is 2.60 bits per heavy atom. The van der Waals surface area contributed by atoms with Crippen LogP contribution in [0.15, 0.2) is 36.5 Å². The summed E-state index contributed by atoms with van der Waals surface area (Å²) in [5, 5.41) is 7.49. The van der Waals surface area contributed by atoms with E-state index in [2.05, 4.69) is 10.4 Å². The van der Waals surface area contributed by atoms with Crippen molar-refractivity contribution in [2.45, 2.75) is 6.54 Å². The van der Waals surface area contributed by atoms with Crippen LogP contribution in [0.5, 0.6) is 0 Å². The van der Waals surface area contributed by atoms with Crippen molar-refractivity contribution in [3.63, 3.8) is 0 Å². The molecule has 1 aromatic heterocycles. The van der Waals surface area contributed by atoms with Gasteiger partial charge in [0.2, 0.25) is 5.91 Å². The van der Waals surface area contributed by atoms with Crippen LogP contribution in [0.3, 0.4) is 0 Å². The summed E-state index contributed by atoms with van der Waals surface area (Å²) in [7, 11) is 1.51. The van der Waals surface area contributed by atoms with Crippen molar-refractivity contribution in [2.75, 3.05) is 25.5 Å². The van der Waals surface area contributed by atoms with Gasteiger partial charge < -0.3 is 10.2 Å². The highest BCUT2D eigenvalue weighted by atomic mass is 35.5. The normalized spacial score (nSPS) is 14.3. The number of hydrogen-bond donors (Lipinski definition) is 1. The molecule has 1 aliphatic heterocycles. The van der Waals surface area contributed by atoms with E-state index in [-0.39, 0.29) is 13.1 Å². The lowest BCUT2D eigenvalue weighted by Crippen LogP contribution is -2.38. The molecule has 0 atom stereocenters. The summed E-state index contributed by atoms with van der Waals surface area (Å²) in [6, 6.07) is 8.46. The number of amides is 4. The van der Waals surface area contributed by atoms with Crippen LogP contribution in [0.25, 0.3) is 0 Å². The standard InChI is InChI=1S/C16H16ClN5O3/c1-20-10-15(24)21(16(20)25)9-14(23)19-13-6-7-18-22(13)8-11-2-4-12(17)5-3-11/h2-7H,8-10H2,1H3,(H,19,23). The molecule has 9 heteroatoms. The molecule has 0 spiro atoms. The maximum Gasteiger partial charge on any atom is 0.327 e. The Kier molecular flexibility index (Phi) is 4.71. The molecule has 0 aliphatic carbocycles. The van der Waals surface area contributed by atoms with E-state index in [0.717, 1.165) is 10.5 Å². The monoisotopic (exact) mass is 361 g/mol. The summed E-state index contributed by atoms with van der Waals surface area (Å²) in [6.45, 7) is 0.110. The predicted octanol–water partition coefficient (Wildman–Crippen LogP) is 1.42. The number of hydrogen-bond acceptors (Lipinski definition) is 4. The van der Waals surface area contributed by atoms with Gasteiger partial charge in [0, 0.05) is 18.1 Å². The lowest BCUT2D eigenvalue weighted by Gasteiger charge is -2.14. The van der Waals surface area contributed by atoms with Crippen molar-refractivity contribution >= 4 is 35.3 Å². The minimum atomic E-state index is -0.477. The van der Waals surface area contributed by atoms with Crippen LogP contribution in [0.1, 0.15) is 5.56 Å². The molecule has 0 saturated carbocycles. The Hall–Kier alpha value is -2.87.